The molecule has 0 bridgehead atoms. The average molecular weight is 443 g/mol. The Bertz CT molecular complexity index is 859. The molecule has 0 aliphatic heterocycles. The molecule has 0 nitrogen and oxygen atoms in total. The molecule has 0 saturated carbocycles. The molecule has 1 atom stereocenters. The van der Waals surface area contributed by atoms with Gasteiger partial charge in [-0.05, 0) is 13.8 Å². The fourth-order valence-corrected chi connectivity index (χ4v) is 3.70. The van der Waals surface area contributed by atoms with Crippen molar-refractivity contribution < 1.29 is 33.5 Å². The summed E-state index contributed by atoms with van der Waals surface area (Å²) in [5.41, 5.74) is 9.08. The molecule has 2 aromatic rings. The monoisotopic (exact) mass is 441 g/mol. The van der Waals surface area contributed by atoms with Gasteiger partial charge >= 0.3 is 139 Å². The van der Waals surface area contributed by atoms with Crippen LogP contribution in [-0.4, -0.2) is 0 Å². The third-order valence-electron chi connectivity index (χ3n) is 4.68. The quantitative estimate of drug-likeness (QED) is 0.432. The van der Waals surface area contributed by atoms with Crippen LogP contribution in [0.15, 0.2) is 66.3 Å². The predicted molar refractivity (Wildman–Crippen MR) is 108 cm³/mol. The molecule has 1 aliphatic carbocycles. The second-order valence-corrected chi connectivity index (χ2v) is 8.42. The van der Waals surface area contributed by atoms with Gasteiger partial charge in [0.2, 0.25) is 0 Å². The van der Waals surface area contributed by atoms with Crippen molar-refractivity contribution in [1.29, 1.82) is 0 Å². The average Bonchev–Trinajstić information content (AvgIpc) is 2.96. The van der Waals surface area contributed by atoms with E-state index in [4.69, 9.17) is 0 Å². The van der Waals surface area contributed by atoms with Gasteiger partial charge < -0.3 is 0 Å². The van der Waals surface area contributed by atoms with Crippen molar-refractivity contribution in [2.45, 2.75) is 37.7 Å². The normalized spacial score (nSPS) is 14.7. The number of rotatable bonds is 4. The van der Waals surface area contributed by atoms with E-state index in [1.165, 1.54) is 41.4 Å². The van der Waals surface area contributed by atoms with E-state index in [2.05, 4.69) is 32.2 Å². The van der Waals surface area contributed by atoms with E-state index >= 15 is 0 Å². The zero-order valence-corrected chi connectivity index (χ0v) is 18.7. The first kappa shape index (κ1) is 21.7. The Hall–Kier alpha value is -1.60. The van der Waals surface area contributed by atoms with Gasteiger partial charge in [-0.2, -0.15) is 0 Å². The predicted octanol–water partition coefficient (Wildman–Crippen LogP) is 7.44. The Balaban J connectivity index is 0.000000380. The molecule has 0 radical (unpaired) electrons. The number of benzene rings is 2. The summed E-state index contributed by atoms with van der Waals surface area (Å²) in [7, 11) is 0. The van der Waals surface area contributed by atoms with Gasteiger partial charge in [-0.25, -0.2) is 0 Å². The van der Waals surface area contributed by atoms with Crippen LogP contribution in [0.5, 0.6) is 0 Å². The topological polar surface area (TPSA) is 0 Å². The summed E-state index contributed by atoms with van der Waals surface area (Å²) in [6.45, 7) is 12.2. The zero-order valence-electron chi connectivity index (χ0n) is 16.2. The van der Waals surface area contributed by atoms with Gasteiger partial charge in [0.1, 0.15) is 0 Å². The Morgan fingerprint density at radius 2 is 1.56 bits per heavy atom. The molecule has 1 unspecified atom stereocenters. The van der Waals surface area contributed by atoms with Crippen LogP contribution in [0.25, 0.3) is 17.2 Å². The number of halogens is 2. The van der Waals surface area contributed by atoms with Crippen LogP contribution in [0.2, 0.25) is 0 Å². The van der Waals surface area contributed by atoms with Gasteiger partial charge in [0.25, 0.3) is 0 Å². The SMILES string of the molecule is C=C(C)C(=C)C.CC1=Cc2c(-c3cc(CF)cc(CF)c3)cccc2[CH]1[Zr]. The maximum atomic E-state index is 13.0. The molecule has 0 aromatic heterocycles. The van der Waals surface area contributed by atoms with Gasteiger partial charge in [-0.1, -0.05) is 24.3 Å². The Morgan fingerprint density at radius 3 is 2.04 bits per heavy atom. The number of hydrogen-bond donors (Lipinski definition) is 0. The van der Waals surface area contributed by atoms with E-state index in [0.717, 1.165) is 22.3 Å². The molecule has 3 heteroatoms. The van der Waals surface area contributed by atoms with Crippen LogP contribution in [0.3, 0.4) is 0 Å². The maximum absolute atomic E-state index is 13.0. The van der Waals surface area contributed by atoms with Crippen LogP contribution >= 0.6 is 0 Å². The number of hydrogen-bond acceptors (Lipinski definition) is 0. The first-order valence-corrected chi connectivity index (χ1v) is 10.3. The van der Waals surface area contributed by atoms with Crippen molar-refractivity contribution in [1.82, 2.24) is 0 Å². The van der Waals surface area contributed by atoms with Crippen molar-refractivity contribution in [2.75, 3.05) is 0 Å². The number of alkyl halides is 2. The van der Waals surface area contributed by atoms with Crippen LogP contribution in [0.1, 0.15) is 46.7 Å². The molecule has 0 N–H and O–H groups in total. The van der Waals surface area contributed by atoms with E-state index in [0.29, 0.717) is 14.8 Å². The number of allylic oxidation sites excluding steroid dienone is 3. The first-order valence-electron chi connectivity index (χ1n) is 8.87. The van der Waals surface area contributed by atoms with Crippen molar-refractivity contribution in [3.8, 4) is 11.1 Å². The van der Waals surface area contributed by atoms with Crippen molar-refractivity contribution in [3.05, 3.63) is 88.5 Å². The zero-order chi connectivity index (χ0) is 20.1. The van der Waals surface area contributed by atoms with E-state index < -0.39 is 13.3 Å². The van der Waals surface area contributed by atoms with Crippen molar-refractivity contribution >= 4 is 6.08 Å². The first-order chi connectivity index (χ1) is 12.8. The van der Waals surface area contributed by atoms with Gasteiger partial charge in [0, 0.05) is 0 Å². The minimum absolute atomic E-state index is 0.497. The molecule has 0 heterocycles. The van der Waals surface area contributed by atoms with Crippen LogP contribution in [-0.2, 0) is 38.1 Å². The molecular formula is C24H25F2Zr. The second-order valence-electron chi connectivity index (χ2n) is 7.00. The summed E-state index contributed by atoms with van der Waals surface area (Å²) in [6, 6.07) is 11.5. The van der Waals surface area contributed by atoms with Crippen molar-refractivity contribution in [2.24, 2.45) is 0 Å². The third kappa shape index (κ3) is 5.23. The summed E-state index contributed by atoms with van der Waals surface area (Å²) < 4.78 is 26.5. The van der Waals surface area contributed by atoms with Crippen molar-refractivity contribution in [3.63, 3.8) is 0 Å². The Kier molecular flexibility index (Phi) is 7.68. The molecule has 27 heavy (non-hydrogen) atoms. The summed E-state index contributed by atoms with van der Waals surface area (Å²) >= 11 is 1.47. The molecule has 0 fully saturated rings. The summed E-state index contributed by atoms with van der Waals surface area (Å²) in [6.07, 6.45) is 2.21. The minimum atomic E-state index is -0.564. The Morgan fingerprint density at radius 1 is 1.00 bits per heavy atom. The summed E-state index contributed by atoms with van der Waals surface area (Å²) in [4.78, 5) is 0. The van der Waals surface area contributed by atoms with Crippen LogP contribution in [0.4, 0.5) is 8.78 Å². The van der Waals surface area contributed by atoms with E-state index in [-0.39, 0.29) is 0 Å². The molecule has 0 saturated heterocycles. The standard InChI is InChI=1S/C18H15F2.C6H10.Zr/c1-12-5-15-3-2-4-17(18(15)6-12)16-8-13(10-19)7-14(9-16)11-20;1-5(2)6(3)4;/h2-9H,10-11H2,1H3;1,3H2,2,4H3;. The molecular weight excluding hydrogens is 417 g/mol. The van der Waals surface area contributed by atoms with E-state index in [1.807, 2.05) is 38.1 Å². The van der Waals surface area contributed by atoms with Gasteiger partial charge in [0.05, 0.1) is 0 Å². The summed E-state index contributed by atoms with van der Waals surface area (Å²) in [5.74, 6) is 0. The van der Waals surface area contributed by atoms with Crippen LogP contribution < -0.4 is 0 Å². The molecule has 0 spiro atoms. The fraction of sp³-hybridized carbons (Fsp3) is 0.250. The third-order valence-corrected chi connectivity index (χ3v) is 6.56. The fourth-order valence-electron chi connectivity index (χ4n) is 2.88. The van der Waals surface area contributed by atoms with Gasteiger partial charge in [0.15, 0.2) is 0 Å². The summed E-state index contributed by atoms with van der Waals surface area (Å²) in [5, 5.41) is 0. The van der Waals surface area contributed by atoms with Gasteiger partial charge in [-0.15, -0.1) is 0 Å². The van der Waals surface area contributed by atoms with E-state index in [1.54, 1.807) is 6.07 Å². The van der Waals surface area contributed by atoms with Gasteiger partial charge in [-0.3, -0.25) is 0 Å². The van der Waals surface area contributed by atoms with Crippen LogP contribution in [0, 0.1) is 0 Å². The second kappa shape index (κ2) is 9.55. The Labute approximate surface area is 176 Å². The molecule has 2 aromatic carbocycles. The molecule has 3 rings (SSSR count). The molecule has 139 valence electrons. The number of fused-ring (bicyclic) bond motifs is 1. The molecule has 0 amide bonds. The van der Waals surface area contributed by atoms with E-state index in [9.17, 15) is 8.78 Å². The molecule has 1 aliphatic rings.